The summed E-state index contributed by atoms with van der Waals surface area (Å²) in [7, 11) is 1.76. The van der Waals surface area contributed by atoms with Crippen LogP contribution < -0.4 is 0 Å². The molecule has 1 fully saturated rings. The molecule has 0 radical (unpaired) electrons. The molecule has 0 spiro atoms. The van der Waals surface area contributed by atoms with Gasteiger partial charge < -0.3 is 9.84 Å². The summed E-state index contributed by atoms with van der Waals surface area (Å²) in [6.07, 6.45) is 11.3. The summed E-state index contributed by atoms with van der Waals surface area (Å²) < 4.78 is 5.40. The molecule has 1 rings (SSSR count). The van der Waals surface area contributed by atoms with E-state index in [1.54, 1.807) is 7.11 Å². The zero-order valence-corrected chi connectivity index (χ0v) is 12.2. The van der Waals surface area contributed by atoms with Crippen molar-refractivity contribution < 1.29 is 9.84 Å². The van der Waals surface area contributed by atoms with Crippen LogP contribution in [0.1, 0.15) is 26.2 Å². The van der Waals surface area contributed by atoms with Crippen LogP contribution in [0.4, 0.5) is 0 Å². The molecule has 2 atom stereocenters. The van der Waals surface area contributed by atoms with Gasteiger partial charge in [0.15, 0.2) is 0 Å². The van der Waals surface area contributed by atoms with Crippen LogP contribution >= 0.6 is 0 Å². The molecule has 0 aromatic carbocycles. The van der Waals surface area contributed by atoms with E-state index >= 15 is 0 Å². The maximum Gasteiger partial charge on any atom is 0.0599 e. The summed E-state index contributed by atoms with van der Waals surface area (Å²) in [5, 5.41) is 9.50. The maximum absolute atomic E-state index is 9.50. The smallest absolute Gasteiger partial charge is 0.0599 e. The quantitative estimate of drug-likeness (QED) is 0.718. The fraction of sp³-hybridized carbons (Fsp3) is 0.625. The zero-order chi connectivity index (χ0) is 14.1. The summed E-state index contributed by atoms with van der Waals surface area (Å²) in [6, 6.07) is 0.231. The first-order chi connectivity index (χ1) is 9.24. The number of aliphatic hydroxyl groups excluding tert-OH is 1. The predicted octanol–water partition coefficient (Wildman–Crippen LogP) is 2.54. The van der Waals surface area contributed by atoms with Gasteiger partial charge in [-0.05, 0) is 31.8 Å². The van der Waals surface area contributed by atoms with Crippen LogP contribution in [-0.4, -0.2) is 49.0 Å². The lowest BCUT2D eigenvalue weighted by Gasteiger charge is -2.38. The van der Waals surface area contributed by atoms with E-state index in [1.807, 2.05) is 13.0 Å². The van der Waals surface area contributed by atoms with Crippen LogP contribution in [0.25, 0.3) is 0 Å². The van der Waals surface area contributed by atoms with Crippen molar-refractivity contribution in [3.63, 3.8) is 0 Å². The molecule has 3 heteroatoms. The highest BCUT2D eigenvalue weighted by atomic mass is 16.5. The van der Waals surface area contributed by atoms with E-state index in [1.165, 1.54) is 5.57 Å². The minimum absolute atomic E-state index is 0.212. The number of hydrogen-bond donors (Lipinski definition) is 1. The van der Waals surface area contributed by atoms with Crippen LogP contribution in [0.5, 0.6) is 0 Å². The minimum atomic E-state index is 0.212. The molecule has 0 saturated carbocycles. The van der Waals surface area contributed by atoms with Crippen LogP contribution in [0.15, 0.2) is 36.5 Å². The number of methoxy groups -OCH3 is 1. The fourth-order valence-electron chi connectivity index (χ4n) is 2.62. The Morgan fingerprint density at radius 3 is 2.89 bits per heavy atom. The van der Waals surface area contributed by atoms with Crippen molar-refractivity contribution in [1.29, 1.82) is 0 Å². The van der Waals surface area contributed by atoms with Gasteiger partial charge in [0.1, 0.15) is 0 Å². The number of likely N-dealkylation sites (tertiary alicyclic amines) is 1. The summed E-state index contributed by atoms with van der Waals surface area (Å²) in [4.78, 5) is 2.37. The summed E-state index contributed by atoms with van der Waals surface area (Å²) >= 11 is 0. The third kappa shape index (κ3) is 5.31. The van der Waals surface area contributed by atoms with E-state index in [4.69, 9.17) is 4.74 Å². The molecule has 1 aliphatic rings. The van der Waals surface area contributed by atoms with Gasteiger partial charge >= 0.3 is 0 Å². The summed E-state index contributed by atoms with van der Waals surface area (Å²) in [5.41, 5.74) is 1.28. The SMILES string of the molecule is C=C/C=C(\C=C/C)CCN1CC[C@@H](OC)C[C@H]1CO. The Labute approximate surface area is 117 Å². The van der Waals surface area contributed by atoms with Gasteiger partial charge in [0, 0.05) is 26.2 Å². The molecule has 19 heavy (non-hydrogen) atoms. The van der Waals surface area contributed by atoms with Crippen molar-refractivity contribution in [1.82, 2.24) is 4.90 Å². The molecule has 0 bridgehead atoms. The van der Waals surface area contributed by atoms with Crippen molar-refractivity contribution >= 4 is 0 Å². The van der Waals surface area contributed by atoms with E-state index < -0.39 is 0 Å². The van der Waals surface area contributed by atoms with E-state index in [-0.39, 0.29) is 12.6 Å². The topological polar surface area (TPSA) is 32.7 Å². The second kappa shape index (κ2) is 9.08. The number of ether oxygens (including phenoxy) is 1. The average molecular weight is 265 g/mol. The minimum Gasteiger partial charge on any atom is -0.395 e. The molecular weight excluding hydrogens is 238 g/mol. The van der Waals surface area contributed by atoms with Gasteiger partial charge in [0.05, 0.1) is 12.7 Å². The van der Waals surface area contributed by atoms with E-state index in [2.05, 4.69) is 29.7 Å². The lowest BCUT2D eigenvalue weighted by molar-refractivity contribution is -0.00567. The van der Waals surface area contributed by atoms with Crippen LogP contribution in [0.3, 0.4) is 0 Å². The molecule has 1 N–H and O–H groups in total. The Bertz CT molecular complexity index is 323. The van der Waals surface area contributed by atoms with Gasteiger partial charge in [-0.1, -0.05) is 30.9 Å². The fourth-order valence-corrected chi connectivity index (χ4v) is 2.62. The third-order valence-electron chi connectivity index (χ3n) is 3.73. The van der Waals surface area contributed by atoms with Gasteiger partial charge in [-0.25, -0.2) is 0 Å². The number of hydrogen-bond acceptors (Lipinski definition) is 3. The maximum atomic E-state index is 9.50. The normalized spacial score (nSPS) is 25.9. The highest BCUT2D eigenvalue weighted by molar-refractivity contribution is 5.22. The molecule has 0 unspecified atom stereocenters. The van der Waals surface area contributed by atoms with E-state index in [0.717, 1.165) is 32.4 Å². The highest BCUT2D eigenvalue weighted by Crippen LogP contribution is 2.20. The molecule has 3 nitrogen and oxygen atoms in total. The van der Waals surface area contributed by atoms with E-state index in [9.17, 15) is 5.11 Å². The zero-order valence-electron chi connectivity index (χ0n) is 12.2. The first-order valence-electron chi connectivity index (χ1n) is 7.07. The lowest BCUT2D eigenvalue weighted by Crippen LogP contribution is -2.47. The van der Waals surface area contributed by atoms with Gasteiger partial charge in [-0.3, -0.25) is 4.90 Å². The van der Waals surface area contributed by atoms with Crippen molar-refractivity contribution in [2.75, 3.05) is 26.8 Å². The Balaban J connectivity index is 2.51. The molecule has 0 aromatic rings. The molecule has 1 aliphatic heterocycles. The third-order valence-corrected chi connectivity index (χ3v) is 3.73. The molecule has 0 aliphatic carbocycles. The highest BCUT2D eigenvalue weighted by Gasteiger charge is 2.27. The van der Waals surface area contributed by atoms with E-state index in [0.29, 0.717) is 6.10 Å². The number of allylic oxidation sites excluding steroid dienone is 4. The Morgan fingerprint density at radius 2 is 2.32 bits per heavy atom. The Morgan fingerprint density at radius 1 is 1.53 bits per heavy atom. The summed E-state index contributed by atoms with van der Waals surface area (Å²) in [6.45, 7) is 7.97. The second-order valence-electron chi connectivity index (χ2n) is 4.98. The number of rotatable bonds is 7. The van der Waals surface area contributed by atoms with Crippen molar-refractivity contribution in [2.24, 2.45) is 0 Å². The molecule has 0 aromatic heterocycles. The predicted molar refractivity (Wildman–Crippen MR) is 80.2 cm³/mol. The van der Waals surface area contributed by atoms with Crippen LogP contribution in [0, 0.1) is 0 Å². The van der Waals surface area contributed by atoms with Gasteiger partial charge in [0.25, 0.3) is 0 Å². The molecular formula is C16H27NO2. The van der Waals surface area contributed by atoms with Gasteiger partial charge in [0.2, 0.25) is 0 Å². The summed E-state index contributed by atoms with van der Waals surface area (Å²) in [5.74, 6) is 0. The lowest BCUT2D eigenvalue weighted by atomic mass is 9.99. The van der Waals surface area contributed by atoms with Crippen LogP contribution in [0.2, 0.25) is 0 Å². The molecule has 0 amide bonds. The average Bonchev–Trinajstić information content (AvgIpc) is 2.45. The van der Waals surface area contributed by atoms with Crippen molar-refractivity contribution in [3.8, 4) is 0 Å². The van der Waals surface area contributed by atoms with Crippen molar-refractivity contribution in [2.45, 2.75) is 38.3 Å². The first kappa shape index (κ1) is 16.2. The number of nitrogens with zero attached hydrogens (tertiary/aromatic N) is 1. The molecule has 1 heterocycles. The van der Waals surface area contributed by atoms with Crippen LogP contribution in [-0.2, 0) is 4.74 Å². The number of aliphatic hydroxyl groups is 1. The largest absolute Gasteiger partial charge is 0.395 e. The molecule has 108 valence electrons. The van der Waals surface area contributed by atoms with Gasteiger partial charge in [-0.15, -0.1) is 0 Å². The number of piperidine rings is 1. The van der Waals surface area contributed by atoms with Crippen molar-refractivity contribution in [3.05, 3.63) is 36.5 Å². The van der Waals surface area contributed by atoms with Gasteiger partial charge in [-0.2, -0.15) is 0 Å². The monoisotopic (exact) mass is 265 g/mol. The molecule has 1 saturated heterocycles. The first-order valence-corrected chi connectivity index (χ1v) is 7.07. The second-order valence-corrected chi connectivity index (χ2v) is 4.98. The Hall–Kier alpha value is -0.900. The Kier molecular flexibility index (Phi) is 7.72. The standard InChI is InChI=1S/C16H27NO2/c1-4-6-14(7-5-2)8-10-17-11-9-16(19-3)12-15(17)13-18/h4-7,15-16,18H,1,8-13H2,2-3H3/b7-5-,14-6+/t15-,16+/m0/s1.